The summed E-state index contributed by atoms with van der Waals surface area (Å²) in [6.07, 6.45) is 1.40. The molecule has 1 amide bonds. The number of nitrogens with one attached hydrogen (secondary N) is 1. The average molecular weight is 222 g/mol. The minimum atomic E-state index is -0.626. The van der Waals surface area contributed by atoms with Crippen LogP contribution in [0, 0.1) is 11.3 Å². The Balaban J connectivity index is 2.69. The Morgan fingerprint density at radius 2 is 2.06 bits per heavy atom. The van der Waals surface area contributed by atoms with Crippen molar-refractivity contribution in [1.29, 1.82) is 0 Å². The first kappa shape index (κ1) is 11.2. The van der Waals surface area contributed by atoms with Gasteiger partial charge in [0.15, 0.2) is 18.0 Å². The van der Waals surface area contributed by atoms with E-state index in [4.69, 9.17) is 4.42 Å². The van der Waals surface area contributed by atoms with Gasteiger partial charge in [0.2, 0.25) is 5.91 Å². The molecule has 0 saturated heterocycles. The summed E-state index contributed by atoms with van der Waals surface area (Å²) in [5.74, 6) is 1.41. The molecule has 1 N–H and O–H groups in total. The van der Waals surface area contributed by atoms with Crippen LogP contribution in [0.5, 0.6) is 0 Å². The molecular weight excluding hydrogens is 204 g/mol. The van der Waals surface area contributed by atoms with Gasteiger partial charge in [0, 0.05) is 0 Å². The third-order valence-corrected chi connectivity index (χ3v) is 3.56. The van der Waals surface area contributed by atoms with Gasteiger partial charge in [-0.2, -0.15) is 4.98 Å². The van der Waals surface area contributed by atoms with Gasteiger partial charge < -0.3 is 9.73 Å². The van der Waals surface area contributed by atoms with E-state index in [2.05, 4.69) is 31.1 Å². The maximum atomic E-state index is 12.3. The minimum absolute atomic E-state index is 0.00292. The van der Waals surface area contributed by atoms with Crippen LogP contribution in [0.25, 0.3) is 0 Å². The van der Waals surface area contributed by atoms with Gasteiger partial charge in [-0.1, -0.05) is 34.6 Å². The van der Waals surface area contributed by atoms with Crippen LogP contribution in [0.3, 0.4) is 0 Å². The van der Waals surface area contributed by atoms with Crippen molar-refractivity contribution in [3.63, 3.8) is 0 Å². The van der Waals surface area contributed by atoms with Crippen LogP contribution in [0.15, 0.2) is 10.8 Å². The first-order chi connectivity index (χ1) is 7.31. The van der Waals surface area contributed by atoms with Crippen LogP contribution in [0.2, 0.25) is 0 Å². The molecule has 88 valence electrons. The molecule has 1 aliphatic heterocycles. The number of carbonyl (C=O) groups excluding carboxylic acids is 1. The van der Waals surface area contributed by atoms with Crippen molar-refractivity contribution in [3.8, 4) is 0 Å². The molecule has 4 heteroatoms. The Hall–Kier alpha value is -1.32. The quantitative estimate of drug-likeness (QED) is 0.794. The molecule has 1 aromatic rings. The molecule has 0 radical (unpaired) electrons. The monoisotopic (exact) mass is 222 g/mol. The van der Waals surface area contributed by atoms with Crippen LogP contribution in [-0.4, -0.2) is 10.9 Å². The number of oxazole rings is 1. The molecule has 0 saturated carbocycles. The van der Waals surface area contributed by atoms with E-state index in [-0.39, 0.29) is 17.2 Å². The van der Waals surface area contributed by atoms with E-state index in [0.29, 0.717) is 11.6 Å². The Bertz CT molecular complexity index is 428. The fourth-order valence-electron chi connectivity index (χ4n) is 3.00. The van der Waals surface area contributed by atoms with Gasteiger partial charge in [-0.25, -0.2) is 0 Å². The van der Waals surface area contributed by atoms with Crippen LogP contribution >= 0.6 is 0 Å². The molecule has 0 bridgehead atoms. The standard InChI is InChI=1S/C12H18N2O2/c1-7(2)12(11(3,4)5)8-9(13-6-16-8)14-10(12)15/h6-7H,1-5H3,(H,14,15). The van der Waals surface area contributed by atoms with Crippen molar-refractivity contribution >= 4 is 11.7 Å². The van der Waals surface area contributed by atoms with Crippen molar-refractivity contribution in [2.75, 3.05) is 5.32 Å². The highest BCUT2D eigenvalue weighted by molar-refractivity contribution is 6.05. The van der Waals surface area contributed by atoms with Gasteiger partial charge in [-0.3, -0.25) is 4.79 Å². The number of hydrogen-bond acceptors (Lipinski definition) is 3. The van der Waals surface area contributed by atoms with Gasteiger partial charge in [-0.15, -0.1) is 0 Å². The second-order valence-electron chi connectivity index (χ2n) is 5.70. The van der Waals surface area contributed by atoms with E-state index >= 15 is 0 Å². The molecule has 0 aromatic carbocycles. The number of rotatable bonds is 1. The van der Waals surface area contributed by atoms with Crippen molar-refractivity contribution in [2.24, 2.45) is 11.3 Å². The molecule has 1 aliphatic rings. The third-order valence-electron chi connectivity index (χ3n) is 3.56. The molecule has 4 nitrogen and oxygen atoms in total. The van der Waals surface area contributed by atoms with E-state index in [1.54, 1.807) is 0 Å². The van der Waals surface area contributed by atoms with Crippen LogP contribution < -0.4 is 5.32 Å². The zero-order valence-corrected chi connectivity index (χ0v) is 10.4. The van der Waals surface area contributed by atoms with E-state index in [9.17, 15) is 4.79 Å². The summed E-state index contributed by atoms with van der Waals surface area (Å²) in [5, 5.41) is 2.81. The summed E-state index contributed by atoms with van der Waals surface area (Å²) in [7, 11) is 0. The largest absolute Gasteiger partial charge is 0.445 e. The molecule has 2 heterocycles. The van der Waals surface area contributed by atoms with E-state index in [0.717, 1.165) is 0 Å². The smallest absolute Gasteiger partial charge is 0.240 e. The summed E-state index contributed by atoms with van der Waals surface area (Å²) < 4.78 is 5.46. The SMILES string of the molecule is CC(C)C1(C(C)(C)C)C(=O)Nc2ncoc21. The van der Waals surface area contributed by atoms with Gasteiger partial charge >= 0.3 is 0 Å². The summed E-state index contributed by atoms with van der Waals surface area (Å²) in [6.45, 7) is 10.3. The van der Waals surface area contributed by atoms with Crippen LogP contribution in [-0.2, 0) is 10.2 Å². The lowest BCUT2D eigenvalue weighted by atomic mass is 9.59. The van der Waals surface area contributed by atoms with Crippen molar-refractivity contribution in [2.45, 2.75) is 40.0 Å². The fourth-order valence-corrected chi connectivity index (χ4v) is 3.00. The number of fused-ring (bicyclic) bond motifs is 1. The topological polar surface area (TPSA) is 55.1 Å². The molecule has 0 spiro atoms. The van der Waals surface area contributed by atoms with E-state index in [1.807, 2.05) is 13.8 Å². The van der Waals surface area contributed by atoms with Gasteiger partial charge in [-0.05, 0) is 11.3 Å². The highest BCUT2D eigenvalue weighted by atomic mass is 16.3. The fraction of sp³-hybridized carbons (Fsp3) is 0.667. The molecule has 1 aromatic heterocycles. The predicted molar refractivity (Wildman–Crippen MR) is 61.1 cm³/mol. The maximum absolute atomic E-state index is 12.3. The second-order valence-corrected chi connectivity index (χ2v) is 5.70. The van der Waals surface area contributed by atoms with Gasteiger partial charge in [0.05, 0.1) is 0 Å². The lowest BCUT2D eigenvalue weighted by Gasteiger charge is -2.41. The van der Waals surface area contributed by atoms with Crippen LogP contribution in [0.4, 0.5) is 5.82 Å². The number of aromatic nitrogens is 1. The number of hydrogen-bond donors (Lipinski definition) is 1. The summed E-state index contributed by atoms with van der Waals surface area (Å²) >= 11 is 0. The number of amides is 1. The summed E-state index contributed by atoms with van der Waals surface area (Å²) in [6, 6.07) is 0. The molecule has 1 atom stereocenters. The highest BCUT2D eigenvalue weighted by Crippen LogP contribution is 2.53. The number of carbonyl (C=O) groups is 1. The Labute approximate surface area is 95.4 Å². The summed E-state index contributed by atoms with van der Waals surface area (Å²) in [5.41, 5.74) is -0.838. The molecular formula is C12H18N2O2. The predicted octanol–water partition coefficient (Wildman–Crippen LogP) is 2.57. The second kappa shape index (κ2) is 3.09. The average Bonchev–Trinajstić information content (AvgIpc) is 2.58. The first-order valence-electron chi connectivity index (χ1n) is 5.57. The highest BCUT2D eigenvalue weighted by Gasteiger charge is 2.59. The lowest BCUT2D eigenvalue weighted by molar-refractivity contribution is -0.127. The normalized spacial score (nSPS) is 24.8. The molecule has 0 aliphatic carbocycles. The van der Waals surface area contributed by atoms with Crippen LogP contribution in [0.1, 0.15) is 40.4 Å². The first-order valence-corrected chi connectivity index (χ1v) is 5.57. The van der Waals surface area contributed by atoms with Gasteiger partial charge in [0.25, 0.3) is 0 Å². The summed E-state index contributed by atoms with van der Waals surface area (Å²) in [4.78, 5) is 16.3. The van der Waals surface area contributed by atoms with Crippen molar-refractivity contribution in [3.05, 3.63) is 12.2 Å². The Morgan fingerprint density at radius 3 is 2.56 bits per heavy atom. The number of anilines is 1. The Kier molecular flexibility index (Phi) is 2.16. The third kappa shape index (κ3) is 1.10. The molecule has 16 heavy (non-hydrogen) atoms. The van der Waals surface area contributed by atoms with E-state index < -0.39 is 5.41 Å². The van der Waals surface area contributed by atoms with E-state index in [1.165, 1.54) is 6.39 Å². The number of nitrogens with zero attached hydrogens (tertiary/aromatic N) is 1. The molecule has 1 unspecified atom stereocenters. The molecule has 2 rings (SSSR count). The zero-order chi connectivity index (χ0) is 12.1. The lowest BCUT2D eigenvalue weighted by Crippen LogP contribution is -2.50. The molecule has 0 fully saturated rings. The minimum Gasteiger partial charge on any atom is -0.445 e. The van der Waals surface area contributed by atoms with Gasteiger partial charge in [0.1, 0.15) is 5.41 Å². The zero-order valence-electron chi connectivity index (χ0n) is 10.4. The van der Waals surface area contributed by atoms with Crippen molar-refractivity contribution in [1.82, 2.24) is 4.98 Å². The van der Waals surface area contributed by atoms with Crippen molar-refractivity contribution < 1.29 is 9.21 Å². The maximum Gasteiger partial charge on any atom is 0.240 e. The Morgan fingerprint density at radius 1 is 1.44 bits per heavy atom.